The summed E-state index contributed by atoms with van der Waals surface area (Å²) in [6.45, 7) is 1.78. The highest BCUT2D eigenvalue weighted by atomic mass is 19.4. The average molecular weight is 334 g/mol. The van der Waals surface area contributed by atoms with E-state index in [4.69, 9.17) is 0 Å². The first-order valence-electron chi connectivity index (χ1n) is 7.62. The van der Waals surface area contributed by atoms with Gasteiger partial charge in [-0.15, -0.1) is 0 Å². The van der Waals surface area contributed by atoms with E-state index in [1.54, 1.807) is 6.07 Å². The van der Waals surface area contributed by atoms with Crippen molar-refractivity contribution in [2.45, 2.75) is 19.1 Å². The van der Waals surface area contributed by atoms with Gasteiger partial charge in [0, 0.05) is 24.3 Å². The molecule has 0 saturated carbocycles. The molecule has 2 aromatic rings. The molecule has 0 aliphatic carbocycles. The summed E-state index contributed by atoms with van der Waals surface area (Å²) < 4.78 is 38.2. The second-order valence-electron chi connectivity index (χ2n) is 6.00. The predicted octanol–water partition coefficient (Wildman–Crippen LogP) is 3.95. The molecule has 1 N–H and O–H groups in total. The maximum atomic E-state index is 12.7. The van der Waals surface area contributed by atoms with Gasteiger partial charge in [-0.25, -0.2) is 0 Å². The lowest BCUT2D eigenvalue weighted by Crippen LogP contribution is -2.26. The summed E-state index contributed by atoms with van der Waals surface area (Å²) in [5.74, 6) is -0.551. The SMILES string of the molecule is CN1CCc2ccc(NC(=O)c3cccc(C(F)(F)F)c3)cc2C1. The molecule has 1 aliphatic heterocycles. The molecule has 3 rings (SSSR count). The van der Waals surface area contributed by atoms with Gasteiger partial charge in [-0.05, 0) is 54.9 Å². The maximum Gasteiger partial charge on any atom is 0.416 e. The summed E-state index contributed by atoms with van der Waals surface area (Å²) in [4.78, 5) is 14.4. The number of likely N-dealkylation sites (N-methyl/N-ethyl adjacent to an activating group) is 1. The fourth-order valence-corrected chi connectivity index (χ4v) is 2.82. The van der Waals surface area contributed by atoms with Crippen LogP contribution in [0, 0.1) is 0 Å². The summed E-state index contributed by atoms with van der Waals surface area (Å²) in [5.41, 5.74) is 2.11. The highest BCUT2D eigenvalue weighted by Gasteiger charge is 2.30. The van der Waals surface area contributed by atoms with Crippen LogP contribution < -0.4 is 5.32 Å². The van der Waals surface area contributed by atoms with E-state index in [9.17, 15) is 18.0 Å². The van der Waals surface area contributed by atoms with E-state index >= 15 is 0 Å². The molecule has 1 heterocycles. The molecular weight excluding hydrogens is 317 g/mol. The molecule has 0 atom stereocenters. The van der Waals surface area contributed by atoms with E-state index in [2.05, 4.69) is 10.2 Å². The molecule has 1 amide bonds. The fourth-order valence-electron chi connectivity index (χ4n) is 2.82. The van der Waals surface area contributed by atoms with E-state index in [1.165, 1.54) is 17.7 Å². The number of halogens is 3. The third-order valence-corrected chi connectivity index (χ3v) is 4.12. The maximum absolute atomic E-state index is 12.7. The minimum Gasteiger partial charge on any atom is -0.322 e. The van der Waals surface area contributed by atoms with Gasteiger partial charge in [0.05, 0.1) is 5.56 Å². The lowest BCUT2D eigenvalue weighted by molar-refractivity contribution is -0.137. The first-order valence-corrected chi connectivity index (χ1v) is 7.62. The first-order chi connectivity index (χ1) is 11.3. The Labute approximate surface area is 138 Å². The van der Waals surface area contributed by atoms with Crippen LogP contribution in [0.1, 0.15) is 27.0 Å². The monoisotopic (exact) mass is 334 g/mol. The highest BCUT2D eigenvalue weighted by molar-refractivity contribution is 6.04. The molecule has 0 radical (unpaired) electrons. The summed E-state index contributed by atoms with van der Waals surface area (Å²) in [6.07, 6.45) is -3.51. The van der Waals surface area contributed by atoms with Crippen molar-refractivity contribution in [3.8, 4) is 0 Å². The van der Waals surface area contributed by atoms with Gasteiger partial charge in [0.1, 0.15) is 0 Å². The molecule has 2 aromatic carbocycles. The molecule has 0 bridgehead atoms. The lowest BCUT2D eigenvalue weighted by Gasteiger charge is -2.25. The van der Waals surface area contributed by atoms with Crippen molar-refractivity contribution in [1.82, 2.24) is 4.90 Å². The Balaban J connectivity index is 1.79. The van der Waals surface area contributed by atoms with Gasteiger partial charge in [0.25, 0.3) is 5.91 Å². The number of hydrogen-bond donors (Lipinski definition) is 1. The van der Waals surface area contributed by atoms with Crippen LogP contribution in [0.5, 0.6) is 0 Å². The van der Waals surface area contributed by atoms with Gasteiger partial charge in [-0.3, -0.25) is 4.79 Å². The Hall–Kier alpha value is -2.34. The van der Waals surface area contributed by atoms with Crippen molar-refractivity contribution in [3.63, 3.8) is 0 Å². The number of carbonyl (C=O) groups is 1. The van der Waals surface area contributed by atoms with Crippen LogP contribution in [0.2, 0.25) is 0 Å². The second kappa shape index (κ2) is 6.28. The number of amides is 1. The predicted molar refractivity (Wildman–Crippen MR) is 85.9 cm³/mol. The van der Waals surface area contributed by atoms with E-state index in [0.717, 1.165) is 37.2 Å². The van der Waals surface area contributed by atoms with E-state index in [0.29, 0.717) is 5.69 Å². The summed E-state index contributed by atoms with van der Waals surface area (Å²) >= 11 is 0. The topological polar surface area (TPSA) is 32.3 Å². The molecular formula is C18H17F3N2O. The van der Waals surface area contributed by atoms with Crippen LogP contribution in [0.4, 0.5) is 18.9 Å². The number of hydrogen-bond acceptors (Lipinski definition) is 2. The van der Waals surface area contributed by atoms with Crippen LogP contribution in [0.25, 0.3) is 0 Å². The Bertz CT molecular complexity index is 771. The fraction of sp³-hybridized carbons (Fsp3) is 0.278. The van der Waals surface area contributed by atoms with Crippen LogP contribution in [-0.2, 0) is 19.1 Å². The Morgan fingerprint density at radius 3 is 2.67 bits per heavy atom. The average Bonchev–Trinajstić information content (AvgIpc) is 2.54. The number of nitrogens with one attached hydrogen (secondary N) is 1. The minimum atomic E-state index is -4.47. The van der Waals surface area contributed by atoms with Crippen molar-refractivity contribution in [1.29, 1.82) is 0 Å². The number of anilines is 1. The number of rotatable bonds is 2. The zero-order valence-electron chi connectivity index (χ0n) is 13.2. The van der Waals surface area contributed by atoms with Gasteiger partial charge < -0.3 is 10.2 Å². The number of fused-ring (bicyclic) bond motifs is 1. The lowest BCUT2D eigenvalue weighted by atomic mass is 9.99. The van der Waals surface area contributed by atoms with Gasteiger partial charge in [-0.1, -0.05) is 12.1 Å². The third kappa shape index (κ3) is 3.59. The molecule has 6 heteroatoms. The number of alkyl halides is 3. The molecule has 1 aliphatic rings. The van der Waals surface area contributed by atoms with Crippen LogP contribution in [0.3, 0.4) is 0 Å². The van der Waals surface area contributed by atoms with Crippen molar-refractivity contribution < 1.29 is 18.0 Å². The van der Waals surface area contributed by atoms with Gasteiger partial charge >= 0.3 is 6.18 Å². The van der Waals surface area contributed by atoms with Crippen LogP contribution in [0.15, 0.2) is 42.5 Å². The standard InChI is InChI=1S/C18H17F3N2O/c1-23-8-7-12-5-6-16(10-14(12)11-23)22-17(24)13-3-2-4-15(9-13)18(19,20)21/h2-6,9-10H,7-8,11H2,1H3,(H,22,24). The number of carbonyl (C=O) groups excluding carboxylic acids is 1. The molecule has 0 aromatic heterocycles. The second-order valence-corrected chi connectivity index (χ2v) is 6.00. The smallest absolute Gasteiger partial charge is 0.322 e. The summed E-state index contributed by atoms with van der Waals surface area (Å²) in [6, 6.07) is 10.1. The van der Waals surface area contributed by atoms with Gasteiger partial charge in [0.2, 0.25) is 0 Å². The zero-order chi connectivity index (χ0) is 17.3. The van der Waals surface area contributed by atoms with Crippen LogP contribution >= 0.6 is 0 Å². The van der Waals surface area contributed by atoms with E-state index in [1.807, 2.05) is 19.2 Å². The molecule has 0 saturated heterocycles. The molecule has 3 nitrogen and oxygen atoms in total. The van der Waals surface area contributed by atoms with E-state index in [-0.39, 0.29) is 5.56 Å². The summed E-state index contributed by atoms with van der Waals surface area (Å²) in [5, 5.41) is 2.68. The first kappa shape index (κ1) is 16.5. The largest absolute Gasteiger partial charge is 0.416 e. The Morgan fingerprint density at radius 2 is 1.92 bits per heavy atom. The van der Waals surface area contributed by atoms with Crippen LogP contribution in [-0.4, -0.2) is 24.4 Å². The van der Waals surface area contributed by atoms with Gasteiger partial charge in [-0.2, -0.15) is 13.2 Å². The minimum absolute atomic E-state index is 0.0142. The van der Waals surface area contributed by atoms with Crippen molar-refractivity contribution >= 4 is 11.6 Å². The van der Waals surface area contributed by atoms with Crippen molar-refractivity contribution in [2.24, 2.45) is 0 Å². The van der Waals surface area contributed by atoms with Crippen molar-refractivity contribution in [3.05, 3.63) is 64.7 Å². The zero-order valence-corrected chi connectivity index (χ0v) is 13.2. The number of benzene rings is 2. The third-order valence-electron chi connectivity index (χ3n) is 4.12. The summed E-state index contributed by atoms with van der Waals surface area (Å²) in [7, 11) is 2.02. The Kier molecular flexibility index (Phi) is 4.32. The molecule has 24 heavy (non-hydrogen) atoms. The molecule has 126 valence electrons. The Morgan fingerprint density at radius 1 is 1.12 bits per heavy atom. The number of nitrogens with zero attached hydrogens (tertiary/aromatic N) is 1. The van der Waals surface area contributed by atoms with Gasteiger partial charge in [0.15, 0.2) is 0 Å². The molecule has 0 unspecified atom stereocenters. The quantitative estimate of drug-likeness (QED) is 0.902. The van der Waals surface area contributed by atoms with E-state index < -0.39 is 17.6 Å². The molecule has 0 spiro atoms. The highest BCUT2D eigenvalue weighted by Crippen LogP contribution is 2.30. The molecule has 0 fully saturated rings. The normalized spacial score (nSPS) is 15.0. The van der Waals surface area contributed by atoms with Crippen molar-refractivity contribution in [2.75, 3.05) is 18.9 Å².